The molecule has 1 heterocycles. The molecule has 0 aromatic carbocycles. The van der Waals surface area contributed by atoms with Gasteiger partial charge in [-0.15, -0.1) is 11.8 Å². The predicted molar refractivity (Wildman–Crippen MR) is 53.8 cm³/mol. The summed E-state index contributed by atoms with van der Waals surface area (Å²) in [5.41, 5.74) is 0. The molecule has 0 bridgehead atoms. The molecular formula is C9H11NO3S. The van der Waals surface area contributed by atoms with Gasteiger partial charge in [0, 0.05) is 5.75 Å². The first-order valence-corrected chi connectivity index (χ1v) is 5.05. The van der Waals surface area contributed by atoms with E-state index in [1.807, 2.05) is 6.07 Å². The Hall–Kier alpha value is -1.23. The van der Waals surface area contributed by atoms with Gasteiger partial charge in [-0.3, -0.25) is 4.79 Å². The second-order valence-electron chi connectivity index (χ2n) is 2.53. The summed E-state index contributed by atoms with van der Waals surface area (Å²) in [5.74, 6) is 0.452. The summed E-state index contributed by atoms with van der Waals surface area (Å²) in [6.07, 6.45) is 1.77. The Morgan fingerprint density at radius 1 is 1.64 bits per heavy atom. The van der Waals surface area contributed by atoms with Crippen molar-refractivity contribution in [3.63, 3.8) is 0 Å². The highest BCUT2D eigenvalue weighted by Gasteiger charge is 1.99. The Balaban J connectivity index is 2.40. The van der Waals surface area contributed by atoms with Gasteiger partial charge < -0.3 is 9.84 Å². The number of rotatable bonds is 5. The van der Waals surface area contributed by atoms with Crippen molar-refractivity contribution in [1.82, 2.24) is 4.98 Å². The number of thioether (sulfide) groups is 1. The third kappa shape index (κ3) is 3.66. The Morgan fingerprint density at radius 2 is 2.43 bits per heavy atom. The van der Waals surface area contributed by atoms with Gasteiger partial charge in [0.2, 0.25) is 0 Å². The van der Waals surface area contributed by atoms with Crippen molar-refractivity contribution in [3.05, 3.63) is 18.3 Å². The fourth-order valence-corrected chi connectivity index (χ4v) is 1.59. The highest BCUT2D eigenvalue weighted by molar-refractivity contribution is 7.99. The maximum Gasteiger partial charge on any atom is 0.304 e. The van der Waals surface area contributed by atoms with Gasteiger partial charge in [-0.25, -0.2) is 4.98 Å². The number of carbonyl (C=O) groups is 1. The van der Waals surface area contributed by atoms with Gasteiger partial charge in [0.1, 0.15) is 5.75 Å². The second-order valence-corrected chi connectivity index (χ2v) is 3.64. The largest absolute Gasteiger partial charge is 0.495 e. The van der Waals surface area contributed by atoms with E-state index >= 15 is 0 Å². The van der Waals surface area contributed by atoms with E-state index in [0.717, 1.165) is 5.03 Å². The van der Waals surface area contributed by atoms with Crippen LogP contribution in [0.3, 0.4) is 0 Å². The number of carboxylic acid groups (broad SMARTS) is 1. The number of nitrogens with zero attached hydrogens (tertiary/aromatic N) is 1. The lowest BCUT2D eigenvalue weighted by atomic mass is 10.5. The van der Waals surface area contributed by atoms with Crippen LogP contribution in [0.5, 0.6) is 5.75 Å². The smallest absolute Gasteiger partial charge is 0.304 e. The molecule has 1 rings (SSSR count). The van der Waals surface area contributed by atoms with Gasteiger partial charge >= 0.3 is 5.97 Å². The zero-order chi connectivity index (χ0) is 10.4. The molecule has 0 amide bonds. The lowest BCUT2D eigenvalue weighted by Gasteiger charge is -2.00. The fraction of sp³-hybridized carbons (Fsp3) is 0.333. The number of carboxylic acids is 1. The van der Waals surface area contributed by atoms with Crippen LogP contribution in [0.25, 0.3) is 0 Å². The van der Waals surface area contributed by atoms with Crippen LogP contribution in [0.15, 0.2) is 23.4 Å². The average Bonchev–Trinajstić information content (AvgIpc) is 2.18. The minimum absolute atomic E-state index is 0.151. The molecule has 1 aromatic heterocycles. The first-order valence-electron chi connectivity index (χ1n) is 4.07. The van der Waals surface area contributed by atoms with Crippen molar-refractivity contribution in [1.29, 1.82) is 0 Å². The SMILES string of the molecule is COc1ccc(SCCC(=O)O)nc1. The number of aliphatic carboxylic acids is 1. The standard InChI is InChI=1S/C9H11NO3S/c1-13-7-2-3-8(10-6-7)14-5-4-9(11)12/h2-3,6H,4-5H2,1H3,(H,11,12). The number of hydrogen-bond donors (Lipinski definition) is 1. The summed E-state index contributed by atoms with van der Waals surface area (Å²) in [7, 11) is 1.58. The van der Waals surface area contributed by atoms with Crippen LogP contribution in [0.1, 0.15) is 6.42 Å². The third-order valence-electron chi connectivity index (χ3n) is 1.51. The lowest BCUT2D eigenvalue weighted by molar-refractivity contribution is -0.136. The maximum absolute atomic E-state index is 10.2. The number of pyridine rings is 1. The Morgan fingerprint density at radius 3 is 2.93 bits per heavy atom. The lowest BCUT2D eigenvalue weighted by Crippen LogP contribution is -1.96. The van der Waals surface area contributed by atoms with E-state index in [0.29, 0.717) is 11.5 Å². The van der Waals surface area contributed by atoms with Crippen molar-refractivity contribution in [2.24, 2.45) is 0 Å². The molecule has 0 aliphatic rings. The van der Waals surface area contributed by atoms with Crippen LogP contribution in [-0.4, -0.2) is 28.9 Å². The highest BCUT2D eigenvalue weighted by atomic mass is 32.2. The van der Waals surface area contributed by atoms with Crippen LogP contribution in [-0.2, 0) is 4.79 Å². The molecule has 0 saturated heterocycles. The summed E-state index contributed by atoms with van der Waals surface area (Å²) in [5, 5.41) is 9.23. The van der Waals surface area contributed by atoms with E-state index in [9.17, 15) is 4.79 Å². The van der Waals surface area contributed by atoms with Crippen molar-refractivity contribution in [3.8, 4) is 5.75 Å². The molecule has 14 heavy (non-hydrogen) atoms. The van der Waals surface area contributed by atoms with Gasteiger partial charge in [0.15, 0.2) is 0 Å². The Kier molecular flexibility index (Phi) is 4.25. The van der Waals surface area contributed by atoms with Crippen LogP contribution >= 0.6 is 11.8 Å². The van der Waals surface area contributed by atoms with Gasteiger partial charge in [-0.1, -0.05) is 0 Å². The van der Waals surface area contributed by atoms with E-state index in [1.54, 1.807) is 19.4 Å². The Labute approximate surface area is 86.3 Å². The number of methoxy groups -OCH3 is 1. The molecule has 1 N–H and O–H groups in total. The van der Waals surface area contributed by atoms with E-state index in [1.165, 1.54) is 11.8 Å². The molecule has 0 radical (unpaired) electrons. The summed E-state index contributed by atoms with van der Waals surface area (Å²) in [6.45, 7) is 0. The van der Waals surface area contributed by atoms with Gasteiger partial charge in [0.25, 0.3) is 0 Å². The molecule has 4 nitrogen and oxygen atoms in total. The first kappa shape index (κ1) is 10.8. The molecule has 0 saturated carbocycles. The van der Waals surface area contributed by atoms with Crippen LogP contribution in [0.2, 0.25) is 0 Å². The van der Waals surface area contributed by atoms with Crippen molar-refractivity contribution >= 4 is 17.7 Å². The fourth-order valence-electron chi connectivity index (χ4n) is 0.816. The van der Waals surface area contributed by atoms with E-state index in [4.69, 9.17) is 9.84 Å². The van der Waals surface area contributed by atoms with Gasteiger partial charge in [-0.2, -0.15) is 0 Å². The molecule has 0 fully saturated rings. The average molecular weight is 213 g/mol. The predicted octanol–water partition coefficient (Wildman–Crippen LogP) is 1.66. The summed E-state index contributed by atoms with van der Waals surface area (Å²) in [4.78, 5) is 14.3. The molecule has 0 spiro atoms. The van der Waals surface area contributed by atoms with Crippen LogP contribution in [0, 0.1) is 0 Å². The molecule has 76 valence electrons. The third-order valence-corrected chi connectivity index (χ3v) is 2.46. The van der Waals surface area contributed by atoms with E-state index in [2.05, 4.69) is 4.98 Å². The summed E-state index contributed by atoms with van der Waals surface area (Å²) < 4.78 is 4.95. The highest BCUT2D eigenvalue weighted by Crippen LogP contribution is 2.18. The molecule has 1 aromatic rings. The molecule has 0 atom stereocenters. The molecular weight excluding hydrogens is 202 g/mol. The van der Waals surface area contributed by atoms with Crippen molar-refractivity contribution in [2.75, 3.05) is 12.9 Å². The van der Waals surface area contributed by atoms with Gasteiger partial charge in [0.05, 0.1) is 24.8 Å². The minimum Gasteiger partial charge on any atom is -0.495 e. The quantitative estimate of drug-likeness (QED) is 0.754. The zero-order valence-electron chi connectivity index (χ0n) is 7.77. The van der Waals surface area contributed by atoms with Crippen LogP contribution < -0.4 is 4.74 Å². The molecule has 0 unspecified atom stereocenters. The van der Waals surface area contributed by atoms with Crippen LogP contribution in [0.4, 0.5) is 0 Å². The second kappa shape index (κ2) is 5.49. The number of hydrogen-bond acceptors (Lipinski definition) is 4. The maximum atomic E-state index is 10.2. The normalized spacial score (nSPS) is 9.79. The van der Waals surface area contributed by atoms with E-state index in [-0.39, 0.29) is 6.42 Å². The monoisotopic (exact) mass is 213 g/mol. The summed E-state index contributed by atoms with van der Waals surface area (Å²) in [6, 6.07) is 3.61. The zero-order valence-corrected chi connectivity index (χ0v) is 8.58. The van der Waals surface area contributed by atoms with Gasteiger partial charge in [-0.05, 0) is 12.1 Å². The minimum atomic E-state index is -0.786. The first-order chi connectivity index (χ1) is 6.72. The number of ether oxygens (including phenoxy) is 1. The number of aromatic nitrogens is 1. The Bertz CT molecular complexity index is 299. The topological polar surface area (TPSA) is 59.4 Å². The van der Waals surface area contributed by atoms with Crippen molar-refractivity contribution < 1.29 is 14.6 Å². The van der Waals surface area contributed by atoms with Crippen molar-refractivity contribution in [2.45, 2.75) is 11.4 Å². The summed E-state index contributed by atoms with van der Waals surface area (Å²) >= 11 is 1.42. The molecule has 0 aliphatic carbocycles. The molecule has 5 heteroatoms. The molecule has 0 aliphatic heterocycles. The van der Waals surface area contributed by atoms with E-state index < -0.39 is 5.97 Å².